The summed E-state index contributed by atoms with van der Waals surface area (Å²) >= 11 is 0. The molecule has 0 bridgehead atoms. The van der Waals surface area contributed by atoms with Crippen LogP contribution in [0.15, 0.2) is 24.7 Å². The van der Waals surface area contributed by atoms with Gasteiger partial charge in [0.25, 0.3) is 0 Å². The van der Waals surface area contributed by atoms with Gasteiger partial charge in [-0.15, -0.1) is 0 Å². The van der Waals surface area contributed by atoms with E-state index in [-0.39, 0.29) is 0 Å². The zero-order chi connectivity index (χ0) is 17.8. The Bertz CT molecular complexity index is 717. The molecule has 140 valence electrons. The second-order valence-corrected chi connectivity index (χ2v) is 7.61. The molecule has 0 amide bonds. The molecule has 0 aromatic carbocycles. The van der Waals surface area contributed by atoms with Crippen molar-refractivity contribution in [2.45, 2.75) is 51.0 Å². The molecule has 2 aliphatic rings. The Labute approximate surface area is 155 Å². The van der Waals surface area contributed by atoms with Crippen LogP contribution in [0, 0.1) is 5.92 Å². The molecular formula is C20H29N5O. The first-order valence-electron chi connectivity index (χ1n) is 9.93. The zero-order valence-corrected chi connectivity index (χ0v) is 15.4. The second kappa shape index (κ2) is 8.08. The van der Waals surface area contributed by atoms with E-state index in [2.05, 4.69) is 26.3 Å². The highest BCUT2D eigenvalue weighted by molar-refractivity contribution is 5.65. The van der Waals surface area contributed by atoms with Crippen LogP contribution in [-0.4, -0.2) is 34.5 Å². The van der Waals surface area contributed by atoms with Gasteiger partial charge in [-0.05, 0) is 50.8 Å². The second-order valence-electron chi connectivity index (χ2n) is 7.61. The molecule has 3 N–H and O–H groups in total. The number of nitrogens with zero attached hydrogens (tertiary/aromatic N) is 3. The predicted molar refractivity (Wildman–Crippen MR) is 103 cm³/mol. The summed E-state index contributed by atoms with van der Waals surface area (Å²) in [4.78, 5) is 4.35. The van der Waals surface area contributed by atoms with Gasteiger partial charge in [-0.1, -0.05) is 19.3 Å². The molecule has 1 saturated carbocycles. The van der Waals surface area contributed by atoms with Gasteiger partial charge in [0.15, 0.2) is 11.6 Å². The quantitative estimate of drug-likeness (QED) is 0.859. The molecule has 6 heteroatoms. The summed E-state index contributed by atoms with van der Waals surface area (Å²) in [5.41, 5.74) is 8.12. The van der Waals surface area contributed by atoms with E-state index in [0.717, 1.165) is 43.7 Å². The Balaban J connectivity index is 1.45. The average molecular weight is 355 g/mol. The highest BCUT2D eigenvalue weighted by atomic mass is 16.5. The van der Waals surface area contributed by atoms with Gasteiger partial charge >= 0.3 is 0 Å². The van der Waals surface area contributed by atoms with Crippen molar-refractivity contribution in [2.24, 2.45) is 5.92 Å². The van der Waals surface area contributed by atoms with Crippen LogP contribution in [0.2, 0.25) is 0 Å². The number of pyridine rings is 1. The third-order valence-electron chi connectivity index (χ3n) is 5.70. The van der Waals surface area contributed by atoms with Gasteiger partial charge in [0.2, 0.25) is 0 Å². The highest BCUT2D eigenvalue weighted by Crippen LogP contribution is 2.30. The summed E-state index contributed by atoms with van der Waals surface area (Å²) in [5, 5.41) is 7.97. The summed E-state index contributed by atoms with van der Waals surface area (Å²) < 4.78 is 8.13. The molecule has 1 aliphatic heterocycles. The van der Waals surface area contributed by atoms with E-state index in [4.69, 9.17) is 10.5 Å². The minimum absolute atomic E-state index is 0.468. The lowest BCUT2D eigenvalue weighted by molar-refractivity contribution is 0.209. The van der Waals surface area contributed by atoms with Crippen LogP contribution >= 0.6 is 0 Å². The molecule has 2 fully saturated rings. The van der Waals surface area contributed by atoms with E-state index in [1.807, 2.05) is 18.5 Å². The van der Waals surface area contributed by atoms with Crippen molar-refractivity contribution in [1.82, 2.24) is 20.1 Å². The van der Waals surface area contributed by atoms with Crippen LogP contribution in [0.4, 0.5) is 5.82 Å². The number of piperidine rings is 1. The third kappa shape index (κ3) is 4.01. The Morgan fingerprint density at radius 2 is 1.88 bits per heavy atom. The van der Waals surface area contributed by atoms with Crippen molar-refractivity contribution < 1.29 is 4.74 Å². The topological polar surface area (TPSA) is 78.0 Å². The molecular weight excluding hydrogens is 326 g/mol. The Morgan fingerprint density at radius 1 is 1.08 bits per heavy atom. The standard InChI is InChI=1S/C20H29N5O/c21-20-19(26-14-15-4-2-1-3-5-15)10-16(11-23-20)17-12-24-25(13-17)18-6-8-22-9-7-18/h10-13,15,18,22H,1-9,14H2,(H2,21,23). The Kier molecular flexibility index (Phi) is 5.39. The lowest BCUT2D eigenvalue weighted by atomic mass is 9.90. The molecule has 4 rings (SSSR count). The van der Waals surface area contributed by atoms with Crippen LogP contribution in [0.3, 0.4) is 0 Å². The number of rotatable bonds is 5. The first kappa shape index (κ1) is 17.3. The number of nitrogens with two attached hydrogens (primary N) is 1. The molecule has 1 saturated heterocycles. The van der Waals surface area contributed by atoms with E-state index in [1.54, 1.807) is 0 Å². The van der Waals surface area contributed by atoms with E-state index in [1.165, 1.54) is 32.1 Å². The molecule has 2 aromatic heterocycles. The minimum atomic E-state index is 0.468. The third-order valence-corrected chi connectivity index (χ3v) is 5.70. The lowest BCUT2D eigenvalue weighted by Gasteiger charge is -2.22. The highest BCUT2D eigenvalue weighted by Gasteiger charge is 2.18. The molecule has 1 aliphatic carbocycles. The van der Waals surface area contributed by atoms with E-state index in [0.29, 0.717) is 23.5 Å². The molecule has 0 unspecified atom stereocenters. The predicted octanol–water partition coefficient (Wildman–Crippen LogP) is 3.41. The number of nitrogen functional groups attached to an aromatic ring is 1. The van der Waals surface area contributed by atoms with Crippen molar-refractivity contribution in [3.05, 3.63) is 24.7 Å². The summed E-state index contributed by atoms with van der Waals surface area (Å²) in [7, 11) is 0. The van der Waals surface area contributed by atoms with E-state index in [9.17, 15) is 0 Å². The maximum absolute atomic E-state index is 6.04. The number of hydrogen-bond donors (Lipinski definition) is 2. The zero-order valence-electron chi connectivity index (χ0n) is 15.4. The lowest BCUT2D eigenvalue weighted by Crippen LogP contribution is -2.29. The smallest absolute Gasteiger partial charge is 0.166 e. The van der Waals surface area contributed by atoms with E-state index >= 15 is 0 Å². The molecule has 0 radical (unpaired) electrons. The van der Waals surface area contributed by atoms with Gasteiger partial charge in [0.05, 0.1) is 18.8 Å². The monoisotopic (exact) mass is 355 g/mol. The molecule has 3 heterocycles. The van der Waals surface area contributed by atoms with E-state index < -0.39 is 0 Å². The van der Waals surface area contributed by atoms with Crippen molar-refractivity contribution in [1.29, 1.82) is 0 Å². The van der Waals surface area contributed by atoms with Crippen molar-refractivity contribution in [3.8, 4) is 16.9 Å². The normalized spacial score (nSPS) is 19.5. The summed E-state index contributed by atoms with van der Waals surface area (Å²) in [6.07, 6.45) is 14.6. The van der Waals surface area contributed by atoms with Crippen LogP contribution in [0.1, 0.15) is 51.0 Å². The van der Waals surface area contributed by atoms with Crippen molar-refractivity contribution in [3.63, 3.8) is 0 Å². The SMILES string of the molecule is Nc1ncc(-c2cnn(C3CCNCC3)c2)cc1OCC1CCCCC1. The number of anilines is 1. The first-order valence-corrected chi connectivity index (χ1v) is 9.93. The summed E-state index contributed by atoms with van der Waals surface area (Å²) in [6, 6.07) is 2.49. The van der Waals surface area contributed by atoms with Crippen molar-refractivity contribution in [2.75, 3.05) is 25.4 Å². The van der Waals surface area contributed by atoms with Crippen molar-refractivity contribution >= 4 is 5.82 Å². The number of ether oxygens (including phenoxy) is 1. The van der Waals surface area contributed by atoms with Crippen LogP contribution in [-0.2, 0) is 0 Å². The summed E-state index contributed by atoms with van der Waals surface area (Å²) in [6.45, 7) is 2.86. The Hall–Kier alpha value is -2.08. The van der Waals surface area contributed by atoms with Gasteiger partial charge in [-0.25, -0.2) is 4.98 Å². The maximum Gasteiger partial charge on any atom is 0.166 e. The van der Waals surface area contributed by atoms with Gasteiger partial charge in [-0.3, -0.25) is 4.68 Å². The van der Waals surface area contributed by atoms with Gasteiger partial charge < -0.3 is 15.8 Å². The average Bonchev–Trinajstić information content (AvgIpc) is 3.19. The molecule has 0 spiro atoms. The fourth-order valence-corrected chi connectivity index (χ4v) is 4.05. The van der Waals surface area contributed by atoms with Gasteiger partial charge in [-0.2, -0.15) is 5.10 Å². The number of aromatic nitrogens is 3. The van der Waals surface area contributed by atoms with Crippen LogP contribution in [0.5, 0.6) is 5.75 Å². The van der Waals surface area contributed by atoms with Crippen LogP contribution < -0.4 is 15.8 Å². The molecule has 6 nitrogen and oxygen atoms in total. The Morgan fingerprint density at radius 3 is 2.69 bits per heavy atom. The minimum Gasteiger partial charge on any atom is -0.489 e. The molecule has 26 heavy (non-hydrogen) atoms. The van der Waals surface area contributed by atoms with Gasteiger partial charge in [0.1, 0.15) is 0 Å². The largest absolute Gasteiger partial charge is 0.489 e. The molecule has 0 atom stereocenters. The fourth-order valence-electron chi connectivity index (χ4n) is 4.05. The fraction of sp³-hybridized carbons (Fsp3) is 0.600. The maximum atomic E-state index is 6.04. The molecule has 2 aromatic rings. The van der Waals surface area contributed by atoms with Crippen LogP contribution in [0.25, 0.3) is 11.1 Å². The van der Waals surface area contributed by atoms with Gasteiger partial charge in [0, 0.05) is 23.5 Å². The first-order chi connectivity index (χ1) is 12.8. The summed E-state index contributed by atoms with van der Waals surface area (Å²) in [5.74, 6) is 1.81. The number of hydrogen-bond acceptors (Lipinski definition) is 5. The number of nitrogens with one attached hydrogen (secondary N) is 1.